The van der Waals surface area contributed by atoms with Gasteiger partial charge in [0.1, 0.15) is 16.2 Å². The minimum atomic E-state index is -0.411. The number of likely N-dealkylation sites (tertiary alicyclic amines) is 1. The maximum atomic E-state index is 13.0. The minimum absolute atomic E-state index is 0.337. The van der Waals surface area contributed by atoms with Crippen LogP contribution in [0.1, 0.15) is 19.3 Å². The number of para-hydroxylation sites is 1. The second kappa shape index (κ2) is 9.23. The van der Waals surface area contributed by atoms with Crippen molar-refractivity contribution in [2.24, 2.45) is 14.1 Å². The number of nitrogens with zero attached hydrogens (tertiary/aromatic N) is 5. The largest absolute Gasteiger partial charge is 0.496 e. The molecule has 1 saturated heterocycles. The molecular formula is C22H27N5O3S. The van der Waals surface area contributed by atoms with Crippen LogP contribution in [-0.4, -0.2) is 56.5 Å². The van der Waals surface area contributed by atoms with E-state index >= 15 is 0 Å². The first kappa shape index (κ1) is 21.6. The molecule has 1 fully saturated rings. The molecule has 1 aliphatic heterocycles. The molecule has 3 heterocycles. The number of piperidine rings is 1. The molecule has 0 spiro atoms. The summed E-state index contributed by atoms with van der Waals surface area (Å²) in [6.07, 6.45) is 3.77. The van der Waals surface area contributed by atoms with Gasteiger partial charge in [-0.05, 0) is 38.1 Å². The lowest BCUT2D eigenvalue weighted by Gasteiger charge is -2.26. The lowest BCUT2D eigenvalue weighted by molar-refractivity contribution is 0.242. The summed E-state index contributed by atoms with van der Waals surface area (Å²) in [7, 11) is 4.71. The Hall–Kier alpha value is -2.65. The smallest absolute Gasteiger partial charge is 0.332 e. The monoisotopic (exact) mass is 441 g/mol. The van der Waals surface area contributed by atoms with E-state index in [-0.39, 0.29) is 5.56 Å². The molecule has 8 nitrogen and oxygen atoms in total. The van der Waals surface area contributed by atoms with Crippen LogP contribution in [0, 0.1) is 0 Å². The van der Waals surface area contributed by atoms with Crippen molar-refractivity contribution in [1.82, 2.24) is 24.0 Å². The van der Waals surface area contributed by atoms with Crippen LogP contribution in [-0.2, 0) is 14.1 Å². The third kappa shape index (κ3) is 4.24. The van der Waals surface area contributed by atoms with Crippen molar-refractivity contribution >= 4 is 22.8 Å². The fourth-order valence-electron chi connectivity index (χ4n) is 3.94. The second-order valence-electron chi connectivity index (χ2n) is 7.71. The van der Waals surface area contributed by atoms with E-state index < -0.39 is 5.69 Å². The summed E-state index contributed by atoms with van der Waals surface area (Å²) in [6.45, 7) is 3.17. The number of rotatable bonds is 6. The van der Waals surface area contributed by atoms with E-state index in [1.807, 2.05) is 24.3 Å². The number of benzene rings is 1. The molecule has 0 radical (unpaired) electrons. The highest BCUT2D eigenvalue weighted by molar-refractivity contribution is 7.99. The molecule has 0 bridgehead atoms. The Bertz CT molecular complexity index is 1210. The lowest BCUT2D eigenvalue weighted by Crippen LogP contribution is -2.37. The summed E-state index contributed by atoms with van der Waals surface area (Å²) < 4.78 is 8.00. The van der Waals surface area contributed by atoms with Gasteiger partial charge in [0.2, 0.25) is 0 Å². The highest BCUT2D eigenvalue weighted by Crippen LogP contribution is 2.31. The fourth-order valence-corrected chi connectivity index (χ4v) is 4.95. The molecule has 0 aliphatic carbocycles. The number of aryl methyl sites for hydroxylation is 1. The van der Waals surface area contributed by atoms with Crippen molar-refractivity contribution in [1.29, 1.82) is 0 Å². The van der Waals surface area contributed by atoms with Gasteiger partial charge in [-0.25, -0.2) is 14.8 Å². The standard InChI is InChI=1S/C22H27N5O3S/c1-25-19-17(21(28)26(2)22(25)29)20(31-14-13-27-11-7-4-8-12-27)24-18(23-19)15-9-5-6-10-16(15)30-3/h5-6,9-10H,4,7-8,11-14H2,1-3H3. The van der Waals surface area contributed by atoms with Gasteiger partial charge in [0.15, 0.2) is 11.5 Å². The number of methoxy groups -OCH3 is 1. The molecule has 4 rings (SSSR count). The van der Waals surface area contributed by atoms with E-state index in [1.165, 1.54) is 30.9 Å². The molecule has 0 atom stereocenters. The van der Waals surface area contributed by atoms with Gasteiger partial charge in [-0.3, -0.25) is 13.9 Å². The Morgan fingerprint density at radius 2 is 1.77 bits per heavy atom. The molecule has 164 valence electrons. The normalized spacial score (nSPS) is 14.8. The molecule has 1 aliphatic rings. The number of thioether (sulfide) groups is 1. The van der Waals surface area contributed by atoms with Gasteiger partial charge in [0.05, 0.1) is 12.7 Å². The van der Waals surface area contributed by atoms with Crippen LogP contribution < -0.4 is 16.0 Å². The molecule has 0 N–H and O–H groups in total. The first-order chi connectivity index (χ1) is 15.0. The molecule has 0 unspecified atom stereocenters. The Balaban J connectivity index is 1.81. The van der Waals surface area contributed by atoms with E-state index in [9.17, 15) is 9.59 Å². The van der Waals surface area contributed by atoms with Gasteiger partial charge in [-0.15, -0.1) is 11.8 Å². The molecular weight excluding hydrogens is 414 g/mol. The van der Waals surface area contributed by atoms with Crippen LogP contribution in [0.15, 0.2) is 38.9 Å². The number of hydrogen-bond acceptors (Lipinski definition) is 7. The van der Waals surface area contributed by atoms with Crippen LogP contribution in [0.25, 0.3) is 22.4 Å². The number of ether oxygens (including phenoxy) is 1. The zero-order valence-electron chi connectivity index (χ0n) is 18.1. The summed E-state index contributed by atoms with van der Waals surface area (Å²) >= 11 is 1.54. The highest BCUT2D eigenvalue weighted by atomic mass is 32.2. The number of fused-ring (bicyclic) bond motifs is 1. The average Bonchev–Trinajstić information content (AvgIpc) is 2.81. The van der Waals surface area contributed by atoms with Gasteiger partial charge >= 0.3 is 5.69 Å². The molecule has 0 saturated carbocycles. The Labute approximate surface area is 184 Å². The van der Waals surface area contributed by atoms with Crippen molar-refractivity contribution in [2.75, 3.05) is 32.5 Å². The van der Waals surface area contributed by atoms with Gasteiger partial charge in [-0.2, -0.15) is 0 Å². The molecule has 0 amide bonds. The number of hydrogen-bond donors (Lipinski definition) is 0. The van der Waals surface area contributed by atoms with Crippen molar-refractivity contribution in [3.8, 4) is 17.1 Å². The molecule has 3 aromatic rings. The maximum Gasteiger partial charge on any atom is 0.332 e. The predicted octanol–water partition coefficient (Wildman–Crippen LogP) is 2.28. The highest BCUT2D eigenvalue weighted by Gasteiger charge is 2.20. The van der Waals surface area contributed by atoms with E-state index in [2.05, 4.69) is 9.88 Å². The van der Waals surface area contributed by atoms with Crippen molar-refractivity contribution < 1.29 is 4.74 Å². The zero-order valence-corrected chi connectivity index (χ0v) is 18.9. The van der Waals surface area contributed by atoms with Crippen molar-refractivity contribution in [3.63, 3.8) is 0 Å². The maximum absolute atomic E-state index is 13.0. The quantitative estimate of drug-likeness (QED) is 0.429. The minimum Gasteiger partial charge on any atom is -0.496 e. The Morgan fingerprint density at radius 3 is 2.52 bits per heavy atom. The third-order valence-corrected chi connectivity index (χ3v) is 6.67. The van der Waals surface area contributed by atoms with Crippen molar-refractivity contribution in [2.45, 2.75) is 24.3 Å². The summed E-state index contributed by atoms with van der Waals surface area (Å²) in [6, 6.07) is 7.48. The summed E-state index contributed by atoms with van der Waals surface area (Å²) in [4.78, 5) is 37.3. The van der Waals surface area contributed by atoms with Gasteiger partial charge in [-0.1, -0.05) is 18.6 Å². The first-order valence-corrected chi connectivity index (χ1v) is 11.5. The fraction of sp³-hybridized carbons (Fsp3) is 0.455. The van der Waals surface area contributed by atoms with E-state index in [0.717, 1.165) is 35.5 Å². The SMILES string of the molecule is COc1ccccc1-c1nc(SCCN2CCCCC2)c2c(=O)n(C)c(=O)n(C)c2n1. The zero-order chi connectivity index (χ0) is 22.0. The first-order valence-electron chi connectivity index (χ1n) is 10.5. The van der Waals surface area contributed by atoms with E-state index in [4.69, 9.17) is 9.72 Å². The topological polar surface area (TPSA) is 82.3 Å². The average molecular weight is 442 g/mol. The summed E-state index contributed by atoms with van der Waals surface area (Å²) in [5, 5.41) is 0.978. The van der Waals surface area contributed by atoms with E-state index in [0.29, 0.717) is 27.6 Å². The lowest BCUT2D eigenvalue weighted by atomic mass is 10.1. The third-order valence-electron chi connectivity index (χ3n) is 5.71. The Kier molecular flexibility index (Phi) is 6.43. The van der Waals surface area contributed by atoms with E-state index in [1.54, 1.807) is 25.9 Å². The van der Waals surface area contributed by atoms with Gasteiger partial charge in [0, 0.05) is 26.4 Å². The van der Waals surface area contributed by atoms with Crippen molar-refractivity contribution in [3.05, 3.63) is 45.1 Å². The Morgan fingerprint density at radius 1 is 1.03 bits per heavy atom. The van der Waals surface area contributed by atoms with Crippen LogP contribution in [0.5, 0.6) is 5.75 Å². The second-order valence-corrected chi connectivity index (χ2v) is 8.79. The summed E-state index contributed by atoms with van der Waals surface area (Å²) in [5.41, 5.74) is 0.277. The van der Waals surface area contributed by atoms with Crippen LogP contribution in [0.3, 0.4) is 0 Å². The predicted molar refractivity (Wildman–Crippen MR) is 123 cm³/mol. The van der Waals surface area contributed by atoms with Gasteiger partial charge in [0.25, 0.3) is 5.56 Å². The molecule has 2 aromatic heterocycles. The van der Waals surface area contributed by atoms with Crippen LogP contribution >= 0.6 is 11.8 Å². The molecule has 1 aromatic carbocycles. The van der Waals surface area contributed by atoms with Crippen LogP contribution in [0.2, 0.25) is 0 Å². The molecule has 31 heavy (non-hydrogen) atoms. The molecule has 9 heteroatoms. The summed E-state index contributed by atoms with van der Waals surface area (Å²) in [5.74, 6) is 1.89. The van der Waals surface area contributed by atoms with Crippen LogP contribution in [0.4, 0.5) is 0 Å². The van der Waals surface area contributed by atoms with Gasteiger partial charge < -0.3 is 9.64 Å². The number of aromatic nitrogens is 4.